The first-order valence-corrected chi connectivity index (χ1v) is 17.0. The molecule has 2 aliphatic rings. The molecule has 0 bridgehead atoms. The largest absolute Gasteiger partial charge is 0.488 e. The Balaban J connectivity index is 1.31. The van der Waals surface area contributed by atoms with Crippen molar-refractivity contribution in [1.82, 2.24) is 9.80 Å². The van der Waals surface area contributed by atoms with Crippen LogP contribution in [0.25, 0.3) is 0 Å². The molecule has 248 valence electrons. The minimum absolute atomic E-state index is 0.0294. The highest BCUT2D eigenvalue weighted by Crippen LogP contribution is 2.44. The molecule has 4 amide bonds. The summed E-state index contributed by atoms with van der Waals surface area (Å²) in [6, 6.07) is 7.68. The first-order chi connectivity index (χ1) is 22.2. The molecule has 12 nitrogen and oxygen atoms in total. The van der Waals surface area contributed by atoms with Crippen LogP contribution in [0.3, 0.4) is 0 Å². The molecule has 0 spiro atoms. The molecule has 0 unspecified atom stereocenters. The van der Waals surface area contributed by atoms with E-state index in [9.17, 15) is 28.8 Å². The fourth-order valence-corrected chi connectivity index (χ4v) is 7.24. The number of nitrogens with zero attached hydrogens (tertiary/aromatic N) is 2. The molecule has 2 aliphatic heterocycles. The van der Waals surface area contributed by atoms with E-state index in [0.717, 1.165) is 45.2 Å². The van der Waals surface area contributed by atoms with Crippen LogP contribution in [0.1, 0.15) is 25.0 Å². The van der Waals surface area contributed by atoms with Gasteiger partial charge in [0, 0.05) is 29.7 Å². The second kappa shape index (κ2) is 15.7. The molecule has 0 saturated heterocycles. The van der Waals surface area contributed by atoms with Gasteiger partial charge >= 0.3 is 11.9 Å². The summed E-state index contributed by atoms with van der Waals surface area (Å²) in [5.74, 6) is -2.71. The van der Waals surface area contributed by atoms with Gasteiger partial charge in [-0.15, -0.1) is 0 Å². The Kier molecular flexibility index (Phi) is 12.2. The lowest BCUT2D eigenvalue weighted by molar-refractivity contribution is -0.152. The van der Waals surface area contributed by atoms with Crippen LogP contribution in [0.4, 0.5) is 0 Å². The predicted molar refractivity (Wildman–Crippen MR) is 180 cm³/mol. The molecule has 0 saturated carbocycles. The zero-order chi connectivity index (χ0) is 34.5. The Bertz CT molecular complexity index is 1500. The lowest BCUT2D eigenvalue weighted by Gasteiger charge is -2.28. The third kappa shape index (κ3) is 8.97. The van der Waals surface area contributed by atoms with Gasteiger partial charge in [-0.3, -0.25) is 38.6 Å². The summed E-state index contributed by atoms with van der Waals surface area (Å²) in [6.45, 7) is 3.03. The summed E-state index contributed by atoms with van der Waals surface area (Å²) in [5, 5.41) is 0. The highest BCUT2D eigenvalue weighted by Gasteiger charge is 2.29. The minimum Gasteiger partial charge on any atom is -0.488 e. The van der Waals surface area contributed by atoms with Gasteiger partial charge in [-0.05, 0) is 99.1 Å². The van der Waals surface area contributed by atoms with Crippen LogP contribution in [-0.2, 0) is 43.7 Å². The van der Waals surface area contributed by atoms with Crippen molar-refractivity contribution in [2.24, 2.45) is 0 Å². The first-order valence-electron chi connectivity index (χ1n) is 13.8. The summed E-state index contributed by atoms with van der Waals surface area (Å²) in [6.07, 6.45) is 4.38. The normalized spacial score (nSPS) is 14.3. The number of hydrogen-bond acceptors (Lipinski definition) is 10. The topological polar surface area (TPSA) is 146 Å². The monoisotopic (exact) mass is 902 g/mol. The summed E-state index contributed by atoms with van der Waals surface area (Å²) in [4.78, 5) is 72.1. The molecule has 2 heterocycles. The lowest BCUT2D eigenvalue weighted by Crippen LogP contribution is -2.36. The Hall–Kier alpha value is -3.34. The van der Waals surface area contributed by atoms with Crippen molar-refractivity contribution in [3.63, 3.8) is 0 Å². The third-order valence-corrected chi connectivity index (χ3v) is 9.36. The maximum Gasteiger partial charge on any atom is 0.326 e. The van der Waals surface area contributed by atoms with Crippen molar-refractivity contribution in [1.29, 1.82) is 0 Å². The standard InChI is InChI=1S/C31H26Br4N2O10/c1-31(2,17-11-19(32)29(20(33)12-17)46-9-7-44-27(42)15-36-23(38)3-4-24(36)39)18-13-21(34)30(22(35)14-18)47-10-8-45-28(43)16-37-25(40)5-6-26(37)41/h3-6,11-14H,7-10,15-16H2,1-2H3. The van der Waals surface area contributed by atoms with E-state index in [4.69, 9.17) is 18.9 Å². The molecule has 2 aromatic carbocycles. The van der Waals surface area contributed by atoms with Crippen LogP contribution < -0.4 is 9.47 Å². The molecule has 0 fully saturated rings. The smallest absolute Gasteiger partial charge is 0.326 e. The second-order valence-electron chi connectivity index (χ2n) is 10.5. The number of rotatable bonds is 14. The molecule has 0 radical (unpaired) electrons. The van der Waals surface area contributed by atoms with Crippen molar-refractivity contribution in [2.45, 2.75) is 19.3 Å². The zero-order valence-electron chi connectivity index (χ0n) is 24.9. The number of hydrogen-bond donors (Lipinski definition) is 0. The fourth-order valence-electron chi connectivity index (χ4n) is 4.41. The second-order valence-corrected chi connectivity index (χ2v) is 13.9. The van der Waals surface area contributed by atoms with Crippen molar-refractivity contribution in [2.75, 3.05) is 39.5 Å². The minimum atomic E-state index is -0.727. The molecular formula is C31H26Br4N2O10. The Labute approximate surface area is 302 Å². The zero-order valence-corrected chi connectivity index (χ0v) is 31.2. The van der Waals surface area contributed by atoms with Gasteiger partial charge in [0.05, 0.1) is 17.9 Å². The first kappa shape index (κ1) is 36.5. The van der Waals surface area contributed by atoms with E-state index in [-0.39, 0.29) is 26.4 Å². The third-order valence-electron chi connectivity index (χ3n) is 7.00. The number of imide groups is 2. The molecule has 2 aromatic rings. The van der Waals surface area contributed by atoms with Gasteiger partial charge in [-0.2, -0.15) is 0 Å². The number of benzene rings is 2. The highest BCUT2D eigenvalue weighted by atomic mass is 79.9. The number of halogens is 4. The van der Waals surface area contributed by atoms with E-state index in [1.807, 2.05) is 38.1 Å². The Morgan fingerprint density at radius 2 is 0.872 bits per heavy atom. The van der Waals surface area contributed by atoms with Gasteiger partial charge < -0.3 is 18.9 Å². The van der Waals surface area contributed by atoms with E-state index >= 15 is 0 Å². The van der Waals surface area contributed by atoms with Crippen molar-refractivity contribution in [3.05, 3.63) is 77.6 Å². The molecule has 47 heavy (non-hydrogen) atoms. The van der Waals surface area contributed by atoms with Crippen LogP contribution in [0.2, 0.25) is 0 Å². The molecule has 16 heteroatoms. The van der Waals surface area contributed by atoms with E-state index in [2.05, 4.69) is 63.7 Å². The van der Waals surface area contributed by atoms with Crippen molar-refractivity contribution >= 4 is 99.3 Å². The Morgan fingerprint density at radius 3 is 1.17 bits per heavy atom. The maximum atomic E-state index is 12.0. The fraction of sp³-hybridized carbons (Fsp3) is 0.290. The molecule has 0 N–H and O–H groups in total. The van der Waals surface area contributed by atoms with Gasteiger partial charge in [0.25, 0.3) is 23.6 Å². The number of carbonyl (C=O) groups is 6. The van der Waals surface area contributed by atoms with Gasteiger partial charge in [0.1, 0.15) is 51.0 Å². The average Bonchev–Trinajstić information content (AvgIpc) is 3.49. The van der Waals surface area contributed by atoms with Crippen LogP contribution in [-0.4, -0.2) is 84.9 Å². The quantitative estimate of drug-likeness (QED) is 0.148. The van der Waals surface area contributed by atoms with Crippen LogP contribution in [0.15, 0.2) is 66.5 Å². The average molecular weight is 906 g/mol. The maximum absolute atomic E-state index is 12.0. The SMILES string of the molecule is CC(C)(c1cc(Br)c(OCCOC(=O)CN2C(=O)C=CC2=O)c(Br)c1)c1cc(Br)c(OCCOC(=O)CN2C(=O)C=CC2=O)c(Br)c1. The molecule has 0 aliphatic carbocycles. The van der Waals surface area contributed by atoms with Crippen LogP contribution >= 0.6 is 63.7 Å². The van der Waals surface area contributed by atoms with E-state index in [1.165, 1.54) is 0 Å². The molecule has 0 aromatic heterocycles. The molecular weight excluding hydrogens is 880 g/mol. The predicted octanol–water partition coefficient (Wildman–Crippen LogP) is 4.76. The van der Waals surface area contributed by atoms with E-state index < -0.39 is 54.1 Å². The highest BCUT2D eigenvalue weighted by molar-refractivity contribution is 9.11. The van der Waals surface area contributed by atoms with E-state index in [0.29, 0.717) is 29.4 Å². The number of amides is 4. The van der Waals surface area contributed by atoms with Gasteiger partial charge in [0.15, 0.2) is 0 Å². The van der Waals surface area contributed by atoms with Gasteiger partial charge in [-0.1, -0.05) is 13.8 Å². The number of esters is 2. The molecule has 0 atom stereocenters. The van der Waals surface area contributed by atoms with Gasteiger partial charge in [-0.25, -0.2) is 0 Å². The van der Waals surface area contributed by atoms with Crippen LogP contribution in [0.5, 0.6) is 11.5 Å². The summed E-state index contributed by atoms with van der Waals surface area (Å²) < 4.78 is 24.5. The lowest BCUT2D eigenvalue weighted by atomic mass is 9.78. The Morgan fingerprint density at radius 1 is 0.574 bits per heavy atom. The number of ether oxygens (including phenoxy) is 4. The molecule has 4 rings (SSSR count). The number of carbonyl (C=O) groups excluding carboxylic acids is 6. The summed E-state index contributed by atoms with van der Waals surface area (Å²) in [7, 11) is 0. The summed E-state index contributed by atoms with van der Waals surface area (Å²) >= 11 is 14.3. The van der Waals surface area contributed by atoms with Crippen molar-refractivity contribution in [3.8, 4) is 11.5 Å². The summed E-state index contributed by atoms with van der Waals surface area (Å²) in [5.41, 5.74) is 1.37. The van der Waals surface area contributed by atoms with Crippen molar-refractivity contribution < 1.29 is 47.7 Å². The van der Waals surface area contributed by atoms with Crippen LogP contribution in [0, 0.1) is 0 Å². The van der Waals surface area contributed by atoms with E-state index in [1.54, 1.807) is 0 Å². The van der Waals surface area contributed by atoms with Gasteiger partial charge in [0.2, 0.25) is 0 Å².